The second-order valence-electron chi connectivity index (χ2n) is 5.16. The number of hydrogen-bond donors (Lipinski definition) is 0. The van der Waals surface area contributed by atoms with Crippen LogP contribution in [0.3, 0.4) is 0 Å². The second-order valence-corrected chi connectivity index (χ2v) is 5.16. The highest BCUT2D eigenvalue weighted by Crippen LogP contribution is 2.20. The first-order chi connectivity index (χ1) is 9.47. The van der Waals surface area contributed by atoms with Gasteiger partial charge in [-0.25, -0.2) is 4.79 Å². The molecule has 20 heavy (non-hydrogen) atoms. The normalized spacial score (nSPS) is 16.4. The summed E-state index contributed by atoms with van der Waals surface area (Å²) >= 11 is 0. The molecule has 0 aliphatic carbocycles. The number of nitrogens with zero attached hydrogens (tertiary/aromatic N) is 2. The summed E-state index contributed by atoms with van der Waals surface area (Å²) in [4.78, 5) is 27.3. The Balaban J connectivity index is 2.61. The van der Waals surface area contributed by atoms with Crippen molar-refractivity contribution in [2.75, 3.05) is 33.8 Å². The third-order valence-corrected chi connectivity index (χ3v) is 3.23. The van der Waals surface area contributed by atoms with Crippen molar-refractivity contribution in [1.82, 2.24) is 9.80 Å². The van der Waals surface area contributed by atoms with E-state index in [1.54, 1.807) is 17.9 Å². The smallest absolute Gasteiger partial charge is 0.335 e. The summed E-state index contributed by atoms with van der Waals surface area (Å²) in [5.74, 6) is -0.335. The number of allylic oxidation sites excluding steroid dienone is 1. The Morgan fingerprint density at radius 2 is 2.20 bits per heavy atom. The molecule has 1 rings (SSSR count). The standard InChI is InChI=1S/C15H24N2O3/c1-5-13(17-10-6-8-14(17)18)12(2)15(19)20-11-7-9-16(3)4/h5H,1,6-11H2,2-4H3. The first-order valence-corrected chi connectivity index (χ1v) is 6.93. The van der Waals surface area contributed by atoms with Crippen molar-refractivity contribution in [3.05, 3.63) is 23.9 Å². The van der Waals surface area contributed by atoms with Crippen LogP contribution in [0, 0.1) is 0 Å². The van der Waals surface area contributed by atoms with Crippen LogP contribution in [0.1, 0.15) is 26.2 Å². The molecule has 1 heterocycles. The van der Waals surface area contributed by atoms with Crippen molar-refractivity contribution in [3.8, 4) is 0 Å². The molecule has 1 saturated heterocycles. The molecule has 0 N–H and O–H groups in total. The molecular weight excluding hydrogens is 256 g/mol. The van der Waals surface area contributed by atoms with Gasteiger partial charge in [-0.2, -0.15) is 0 Å². The van der Waals surface area contributed by atoms with E-state index in [-0.39, 0.29) is 11.9 Å². The van der Waals surface area contributed by atoms with Gasteiger partial charge in [-0.05, 0) is 39.9 Å². The molecule has 0 aromatic carbocycles. The Morgan fingerprint density at radius 1 is 1.50 bits per heavy atom. The SMILES string of the molecule is C=CC(=C(C)C(=O)OCCCN(C)C)N1CCCC1=O. The molecule has 0 spiro atoms. The van der Waals surface area contributed by atoms with E-state index in [4.69, 9.17) is 4.74 Å². The van der Waals surface area contributed by atoms with Gasteiger partial charge in [0.15, 0.2) is 0 Å². The van der Waals surface area contributed by atoms with E-state index in [1.807, 2.05) is 19.0 Å². The third kappa shape index (κ3) is 4.49. The van der Waals surface area contributed by atoms with E-state index in [2.05, 4.69) is 6.58 Å². The lowest BCUT2D eigenvalue weighted by Crippen LogP contribution is -2.26. The van der Waals surface area contributed by atoms with Gasteiger partial charge in [-0.3, -0.25) is 4.79 Å². The molecule has 0 aromatic rings. The molecule has 5 heteroatoms. The molecule has 0 aromatic heterocycles. The van der Waals surface area contributed by atoms with E-state index >= 15 is 0 Å². The summed E-state index contributed by atoms with van der Waals surface area (Å²) in [6.45, 7) is 7.27. The maximum absolute atomic E-state index is 12.0. The average Bonchev–Trinajstić information content (AvgIpc) is 2.81. The molecule has 1 amide bonds. The first kappa shape index (κ1) is 16.4. The van der Waals surface area contributed by atoms with Crippen LogP contribution in [0.4, 0.5) is 0 Å². The van der Waals surface area contributed by atoms with E-state index < -0.39 is 0 Å². The molecule has 0 atom stereocenters. The number of carbonyl (C=O) groups excluding carboxylic acids is 2. The summed E-state index contributed by atoms with van der Waals surface area (Å²) in [7, 11) is 3.95. The highest BCUT2D eigenvalue weighted by molar-refractivity contribution is 5.91. The van der Waals surface area contributed by atoms with Gasteiger partial charge in [0.2, 0.25) is 5.91 Å². The summed E-state index contributed by atoms with van der Waals surface area (Å²) in [6.07, 6.45) is 3.70. The molecule has 0 saturated carbocycles. The lowest BCUT2D eigenvalue weighted by Gasteiger charge is -2.19. The zero-order valence-electron chi connectivity index (χ0n) is 12.6. The van der Waals surface area contributed by atoms with E-state index in [0.29, 0.717) is 30.8 Å². The zero-order valence-corrected chi connectivity index (χ0v) is 12.6. The first-order valence-electron chi connectivity index (χ1n) is 6.93. The lowest BCUT2D eigenvalue weighted by molar-refractivity contribution is -0.139. The molecule has 112 valence electrons. The summed E-state index contributed by atoms with van der Waals surface area (Å²) in [5.41, 5.74) is 1.02. The van der Waals surface area contributed by atoms with Crippen LogP contribution in [0.15, 0.2) is 23.9 Å². The Morgan fingerprint density at radius 3 is 2.70 bits per heavy atom. The molecule has 1 aliphatic rings. The third-order valence-electron chi connectivity index (χ3n) is 3.23. The van der Waals surface area contributed by atoms with Crippen LogP contribution in [0.2, 0.25) is 0 Å². The fourth-order valence-corrected chi connectivity index (χ4v) is 2.13. The summed E-state index contributed by atoms with van der Waals surface area (Å²) in [6, 6.07) is 0. The van der Waals surface area contributed by atoms with Gasteiger partial charge in [0.1, 0.15) is 0 Å². The van der Waals surface area contributed by atoms with Crippen molar-refractivity contribution in [2.24, 2.45) is 0 Å². The monoisotopic (exact) mass is 280 g/mol. The molecule has 1 fully saturated rings. The fourth-order valence-electron chi connectivity index (χ4n) is 2.13. The van der Waals surface area contributed by atoms with Gasteiger partial charge in [-0.15, -0.1) is 0 Å². The molecular formula is C15H24N2O3. The van der Waals surface area contributed by atoms with Crippen molar-refractivity contribution in [2.45, 2.75) is 26.2 Å². The highest BCUT2D eigenvalue weighted by Gasteiger charge is 2.25. The van der Waals surface area contributed by atoms with E-state index in [9.17, 15) is 9.59 Å². The van der Waals surface area contributed by atoms with Gasteiger partial charge in [0.05, 0.1) is 17.9 Å². The number of amides is 1. The fraction of sp³-hybridized carbons (Fsp3) is 0.600. The van der Waals surface area contributed by atoms with Crippen molar-refractivity contribution in [3.63, 3.8) is 0 Å². The van der Waals surface area contributed by atoms with Crippen LogP contribution in [-0.4, -0.2) is 55.5 Å². The molecule has 0 bridgehead atoms. The van der Waals surface area contributed by atoms with Crippen LogP contribution >= 0.6 is 0 Å². The Kier molecular flexibility index (Phi) is 6.45. The maximum Gasteiger partial charge on any atom is 0.335 e. The highest BCUT2D eigenvalue weighted by atomic mass is 16.5. The largest absolute Gasteiger partial charge is 0.462 e. The lowest BCUT2D eigenvalue weighted by atomic mass is 10.2. The predicted molar refractivity (Wildman–Crippen MR) is 78.0 cm³/mol. The van der Waals surface area contributed by atoms with Crippen LogP contribution in [-0.2, 0) is 14.3 Å². The molecule has 5 nitrogen and oxygen atoms in total. The second kappa shape index (κ2) is 7.85. The van der Waals surface area contributed by atoms with Crippen LogP contribution in [0.5, 0.6) is 0 Å². The van der Waals surface area contributed by atoms with Gasteiger partial charge in [0.25, 0.3) is 0 Å². The minimum absolute atomic E-state index is 0.0413. The zero-order chi connectivity index (χ0) is 15.1. The van der Waals surface area contributed by atoms with Gasteiger partial charge in [-0.1, -0.05) is 6.58 Å². The number of carbonyl (C=O) groups is 2. The van der Waals surface area contributed by atoms with Crippen LogP contribution in [0.25, 0.3) is 0 Å². The average molecular weight is 280 g/mol. The summed E-state index contributed by atoms with van der Waals surface area (Å²) in [5, 5.41) is 0. The number of rotatable bonds is 7. The van der Waals surface area contributed by atoms with Crippen LogP contribution < -0.4 is 0 Å². The molecule has 1 aliphatic heterocycles. The van der Waals surface area contributed by atoms with Crippen molar-refractivity contribution < 1.29 is 14.3 Å². The number of likely N-dealkylation sites (tertiary alicyclic amines) is 1. The topological polar surface area (TPSA) is 49.9 Å². The van der Waals surface area contributed by atoms with Crippen molar-refractivity contribution >= 4 is 11.9 Å². The Hall–Kier alpha value is -1.62. The molecule has 0 radical (unpaired) electrons. The van der Waals surface area contributed by atoms with Gasteiger partial charge >= 0.3 is 5.97 Å². The van der Waals surface area contributed by atoms with E-state index in [1.165, 1.54) is 0 Å². The van der Waals surface area contributed by atoms with Crippen molar-refractivity contribution in [1.29, 1.82) is 0 Å². The van der Waals surface area contributed by atoms with Gasteiger partial charge < -0.3 is 14.5 Å². The quantitative estimate of drug-likeness (QED) is 0.307. The maximum atomic E-state index is 12.0. The Bertz CT molecular complexity index is 413. The number of ether oxygens (including phenoxy) is 1. The number of esters is 1. The minimum Gasteiger partial charge on any atom is -0.462 e. The van der Waals surface area contributed by atoms with Gasteiger partial charge in [0, 0.05) is 19.5 Å². The summed E-state index contributed by atoms with van der Waals surface area (Å²) < 4.78 is 5.22. The minimum atomic E-state index is -0.377. The molecule has 0 unspecified atom stereocenters. The predicted octanol–water partition coefficient (Wildman–Crippen LogP) is 1.56. The van der Waals surface area contributed by atoms with E-state index in [0.717, 1.165) is 19.4 Å². The number of hydrogen-bond acceptors (Lipinski definition) is 4. The Labute approximate surface area is 120 Å².